The van der Waals surface area contributed by atoms with Gasteiger partial charge in [-0.25, -0.2) is 4.98 Å². The molecule has 0 atom stereocenters. The summed E-state index contributed by atoms with van der Waals surface area (Å²) in [5, 5.41) is 12.5. The molecule has 0 N–H and O–H groups in total. The molecule has 134 valence electrons. The maximum atomic E-state index is 13.4. The first-order valence-electron chi connectivity index (χ1n) is 8.67. The van der Waals surface area contributed by atoms with E-state index in [9.17, 15) is 10.1 Å². The van der Waals surface area contributed by atoms with Crippen LogP contribution < -0.4 is 5.56 Å². The van der Waals surface area contributed by atoms with E-state index in [2.05, 4.69) is 11.1 Å². The smallest absolute Gasteiger partial charge is 0.283 e. The van der Waals surface area contributed by atoms with Crippen molar-refractivity contribution >= 4 is 44.3 Å². The van der Waals surface area contributed by atoms with E-state index in [1.807, 2.05) is 49.5 Å². The summed E-state index contributed by atoms with van der Waals surface area (Å²) in [6.45, 7) is 0. The standard InChI is InChI=1S/C22H13ClN4O/c1-26-12-25-20-21(26)16-9-14(11-24)17(23)10-19(16)27(22(20)28)18-8-4-6-13-5-2-3-7-15(13)18/h2-10,12H,1H3. The fraction of sp³-hybridized carbons (Fsp3) is 0.0455. The van der Waals surface area contributed by atoms with Gasteiger partial charge in [-0.1, -0.05) is 48.0 Å². The van der Waals surface area contributed by atoms with Crippen LogP contribution in [-0.4, -0.2) is 14.1 Å². The third-order valence-electron chi connectivity index (χ3n) is 5.05. The third-order valence-corrected chi connectivity index (χ3v) is 5.36. The van der Waals surface area contributed by atoms with E-state index in [0.717, 1.165) is 21.8 Å². The molecule has 5 aromatic rings. The van der Waals surface area contributed by atoms with Gasteiger partial charge in [-0.2, -0.15) is 5.26 Å². The number of halogens is 1. The van der Waals surface area contributed by atoms with Crippen LogP contribution in [0.15, 0.2) is 65.7 Å². The van der Waals surface area contributed by atoms with Gasteiger partial charge in [-0.05, 0) is 23.6 Å². The van der Waals surface area contributed by atoms with Crippen molar-refractivity contribution in [3.8, 4) is 11.8 Å². The predicted octanol–water partition coefficient (Wildman–Crippen LogP) is 4.56. The first-order chi connectivity index (χ1) is 13.6. The lowest BCUT2D eigenvalue weighted by Gasteiger charge is -2.15. The number of hydrogen-bond donors (Lipinski definition) is 0. The molecular weight excluding hydrogens is 372 g/mol. The highest BCUT2D eigenvalue weighted by Crippen LogP contribution is 2.31. The van der Waals surface area contributed by atoms with Gasteiger partial charge in [0.2, 0.25) is 0 Å². The number of fused-ring (bicyclic) bond motifs is 4. The first-order valence-corrected chi connectivity index (χ1v) is 9.05. The second-order valence-electron chi connectivity index (χ2n) is 6.65. The molecule has 0 bridgehead atoms. The molecule has 2 heterocycles. The maximum absolute atomic E-state index is 13.4. The van der Waals surface area contributed by atoms with Crippen LogP contribution in [0.3, 0.4) is 0 Å². The fourth-order valence-electron chi connectivity index (χ4n) is 3.79. The lowest BCUT2D eigenvalue weighted by atomic mass is 10.1. The van der Waals surface area contributed by atoms with Crippen molar-refractivity contribution in [1.82, 2.24) is 14.1 Å². The number of nitrogens with zero attached hydrogens (tertiary/aromatic N) is 4. The summed E-state index contributed by atoms with van der Waals surface area (Å²) < 4.78 is 3.43. The Kier molecular flexibility index (Phi) is 3.51. The summed E-state index contributed by atoms with van der Waals surface area (Å²) in [7, 11) is 1.83. The minimum absolute atomic E-state index is 0.222. The summed E-state index contributed by atoms with van der Waals surface area (Å²) in [6, 6.07) is 19.3. The molecule has 0 unspecified atom stereocenters. The second kappa shape index (κ2) is 5.95. The van der Waals surface area contributed by atoms with Crippen molar-refractivity contribution in [1.29, 1.82) is 5.26 Å². The van der Waals surface area contributed by atoms with Crippen LogP contribution in [0, 0.1) is 11.3 Å². The van der Waals surface area contributed by atoms with Gasteiger partial charge in [0.25, 0.3) is 5.56 Å². The third kappa shape index (κ3) is 2.19. The van der Waals surface area contributed by atoms with Crippen LogP contribution in [0.1, 0.15) is 5.56 Å². The highest BCUT2D eigenvalue weighted by atomic mass is 35.5. The van der Waals surface area contributed by atoms with Crippen molar-refractivity contribution in [3.63, 3.8) is 0 Å². The van der Waals surface area contributed by atoms with E-state index in [4.69, 9.17) is 11.6 Å². The van der Waals surface area contributed by atoms with Crippen molar-refractivity contribution in [2.75, 3.05) is 0 Å². The molecule has 5 rings (SSSR count). The number of rotatable bonds is 1. The molecule has 0 amide bonds. The monoisotopic (exact) mass is 384 g/mol. The van der Waals surface area contributed by atoms with Crippen molar-refractivity contribution in [3.05, 3.63) is 81.9 Å². The van der Waals surface area contributed by atoms with Crippen LogP contribution in [0.4, 0.5) is 0 Å². The van der Waals surface area contributed by atoms with Gasteiger partial charge in [0.1, 0.15) is 6.07 Å². The topological polar surface area (TPSA) is 63.6 Å². The van der Waals surface area contributed by atoms with E-state index in [0.29, 0.717) is 27.1 Å². The van der Waals surface area contributed by atoms with E-state index in [1.165, 1.54) is 0 Å². The second-order valence-corrected chi connectivity index (χ2v) is 7.06. The fourth-order valence-corrected chi connectivity index (χ4v) is 3.99. The predicted molar refractivity (Wildman–Crippen MR) is 111 cm³/mol. The molecule has 28 heavy (non-hydrogen) atoms. The van der Waals surface area contributed by atoms with Gasteiger partial charge < -0.3 is 4.57 Å². The average Bonchev–Trinajstić information content (AvgIpc) is 3.10. The molecule has 0 saturated heterocycles. The van der Waals surface area contributed by atoms with E-state index in [-0.39, 0.29) is 5.56 Å². The Morgan fingerprint density at radius 3 is 2.68 bits per heavy atom. The Morgan fingerprint density at radius 2 is 1.86 bits per heavy atom. The van der Waals surface area contributed by atoms with Crippen LogP contribution in [0.25, 0.3) is 38.4 Å². The highest BCUT2D eigenvalue weighted by Gasteiger charge is 2.18. The SMILES string of the molecule is Cn1cnc2c(=O)n(-c3cccc4ccccc34)c3cc(Cl)c(C#N)cc3c21. The molecule has 6 heteroatoms. The summed E-state index contributed by atoms with van der Waals surface area (Å²) >= 11 is 6.34. The summed E-state index contributed by atoms with van der Waals surface area (Å²) in [5.74, 6) is 0. The first kappa shape index (κ1) is 16.5. The number of aryl methyl sites for hydroxylation is 1. The van der Waals surface area contributed by atoms with E-state index >= 15 is 0 Å². The minimum atomic E-state index is -0.222. The molecule has 0 aliphatic carbocycles. The largest absolute Gasteiger partial charge is 0.333 e. The molecule has 2 aromatic heterocycles. The van der Waals surface area contributed by atoms with Crippen molar-refractivity contribution in [2.24, 2.45) is 7.05 Å². The molecule has 0 aliphatic heterocycles. The Bertz CT molecular complexity index is 1520. The molecule has 0 spiro atoms. The summed E-state index contributed by atoms with van der Waals surface area (Å²) in [4.78, 5) is 17.8. The van der Waals surface area contributed by atoms with Crippen LogP contribution in [0.5, 0.6) is 0 Å². The van der Waals surface area contributed by atoms with E-state index in [1.54, 1.807) is 27.6 Å². The maximum Gasteiger partial charge on any atom is 0.283 e. The van der Waals surface area contributed by atoms with Gasteiger partial charge >= 0.3 is 0 Å². The Hall–Kier alpha value is -3.62. The molecule has 5 nitrogen and oxygen atoms in total. The van der Waals surface area contributed by atoms with Crippen molar-refractivity contribution in [2.45, 2.75) is 0 Å². The Balaban J connectivity index is 2.07. The van der Waals surface area contributed by atoms with Crippen molar-refractivity contribution < 1.29 is 0 Å². The number of nitriles is 1. The van der Waals surface area contributed by atoms with Crippen LogP contribution >= 0.6 is 11.6 Å². The lowest BCUT2D eigenvalue weighted by molar-refractivity contribution is 0.950. The van der Waals surface area contributed by atoms with Crippen LogP contribution in [-0.2, 0) is 7.05 Å². The molecule has 0 fully saturated rings. The highest BCUT2D eigenvalue weighted by molar-refractivity contribution is 6.32. The average molecular weight is 385 g/mol. The number of benzene rings is 3. The lowest BCUT2D eigenvalue weighted by Crippen LogP contribution is -2.20. The van der Waals surface area contributed by atoms with Gasteiger partial charge in [-0.3, -0.25) is 9.36 Å². The molecule has 0 saturated carbocycles. The molecular formula is C22H13ClN4O. The number of pyridine rings is 1. The summed E-state index contributed by atoms with van der Waals surface area (Å²) in [5.41, 5.74) is 2.57. The Labute approximate surface area is 164 Å². The molecule has 3 aromatic carbocycles. The number of imidazole rings is 1. The zero-order valence-corrected chi connectivity index (χ0v) is 15.6. The normalized spacial score (nSPS) is 11.3. The molecule has 0 aliphatic rings. The zero-order chi connectivity index (χ0) is 19.4. The van der Waals surface area contributed by atoms with Gasteiger partial charge in [0.05, 0.1) is 33.6 Å². The van der Waals surface area contributed by atoms with Gasteiger partial charge in [0, 0.05) is 17.8 Å². The Morgan fingerprint density at radius 1 is 1.07 bits per heavy atom. The quantitative estimate of drug-likeness (QED) is 0.425. The van der Waals surface area contributed by atoms with Gasteiger partial charge in [0.15, 0.2) is 5.52 Å². The number of hydrogen-bond acceptors (Lipinski definition) is 3. The minimum Gasteiger partial charge on any atom is -0.333 e. The summed E-state index contributed by atoms with van der Waals surface area (Å²) in [6.07, 6.45) is 1.61. The molecule has 0 radical (unpaired) electrons. The van der Waals surface area contributed by atoms with Crippen LogP contribution in [0.2, 0.25) is 5.02 Å². The van der Waals surface area contributed by atoms with Gasteiger partial charge in [-0.15, -0.1) is 0 Å². The number of aromatic nitrogens is 3. The zero-order valence-electron chi connectivity index (χ0n) is 14.8. The van der Waals surface area contributed by atoms with E-state index < -0.39 is 0 Å².